The van der Waals surface area contributed by atoms with Crippen LogP contribution < -0.4 is 9.47 Å². The maximum absolute atomic E-state index is 10.7. The number of aldehydes is 1. The molecule has 0 spiro atoms. The van der Waals surface area contributed by atoms with E-state index in [0.29, 0.717) is 6.42 Å². The molecule has 0 radical (unpaired) electrons. The van der Waals surface area contributed by atoms with E-state index in [2.05, 4.69) is 0 Å². The third kappa shape index (κ3) is 2.41. The highest BCUT2D eigenvalue weighted by atomic mass is 16.5. The van der Waals surface area contributed by atoms with Gasteiger partial charge in [0, 0.05) is 22.8 Å². The van der Waals surface area contributed by atoms with Crippen molar-refractivity contribution in [2.75, 3.05) is 14.2 Å². The summed E-state index contributed by atoms with van der Waals surface area (Å²) in [5.41, 5.74) is 1.00. The molecular weight excluding hydrogens is 240 g/mol. The molecule has 19 heavy (non-hydrogen) atoms. The number of hydrogen-bond donors (Lipinski definition) is 0. The van der Waals surface area contributed by atoms with E-state index in [4.69, 9.17) is 9.47 Å². The Kier molecular flexibility index (Phi) is 4.05. The lowest BCUT2D eigenvalue weighted by molar-refractivity contribution is -0.108. The lowest BCUT2D eigenvalue weighted by Gasteiger charge is -2.18. The molecule has 0 saturated heterocycles. The topological polar surface area (TPSA) is 35.5 Å². The van der Waals surface area contributed by atoms with E-state index in [1.54, 1.807) is 14.2 Å². The molecule has 0 amide bonds. The number of carbonyl (C=O) groups is 1. The molecule has 0 aromatic heterocycles. The Hall–Kier alpha value is -2.03. The van der Waals surface area contributed by atoms with Crippen molar-refractivity contribution in [3.05, 3.63) is 35.9 Å². The van der Waals surface area contributed by atoms with Crippen molar-refractivity contribution in [1.29, 1.82) is 0 Å². The Morgan fingerprint density at radius 2 is 1.84 bits per heavy atom. The maximum Gasteiger partial charge on any atom is 0.130 e. The zero-order chi connectivity index (χ0) is 13.8. The van der Waals surface area contributed by atoms with Crippen LogP contribution in [0.25, 0.3) is 10.8 Å². The van der Waals surface area contributed by atoms with Gasteiger partial charge in [-0.1, -0.05) is 31.2 Å². The first kappa shape index (κ1) is 13.4. The molecule has 2 aromatic carbocycles. The summed E-state index contributed by atoms with van der Waals surface area (Å²) in [5, 5.41) is 2.03. The van der Waals surface area contributed by atoms with Gasteiger partial charge < -0.3 is 14.3 Å². The van der Waals surface area contributed by atoms with E-state index in [1.165, 1.54) is 0 Å². The Bertz CT molecular complexity index is 590. The van der Waals surface area contributed by atoms with E-state index in [1.807, 2.05) is 37.3 Å². The highest BCUT2D eigenvalue weighted by Gasteiger charge is 2.17. The molecule has 0 aliphatic carbocycles. The van der Waals surface area contributed by atoms with Crippen LogP contribution in [0.2, 0.25) is 0 Å². The second-order valence-electron chi connectivity index (χ2n) is 4.55. The minimum absolute atomic E-state index is 0.103. The first-order chi connectivity index (χ1) is 9.22. The Morgan fingerprint density at radius 1 is 1.16 bits per heavy atom. The molecule has 1 unspecified atom stereocenters. The molecule has 3 nitrogen and oxygen atoms in total. The normalized spacial score (nSPS) is 12.2. The van der Waals surface area contributed by atoms with E-state index in [0.717, 1.165) is 34.1 Å². The molecule has 2 aromatic rings. The lowest BCUT2D eigenvalue weighted by Crippen LogP contribution is -2.01. The summed E-state index contributed by atoms with van der Waals surface area (Å²) in [6, 6.07) is 9.92. The van der Waals surface area contributed by atoms with E-state index in [9.17, 15) is 4.79 Å². The fourth-order valence-electron chi connectivity index (χ4n) is 2.37. The number of benzene rings is 2. The molecule has 0 saturated carbocycles. The molecule has 0 N–H and O–H groups in total. The number of ether oxygens (including phenoxy) is 2. The smallest absolute Gasteiger partial charge is 0.130 e. The summed E-state index contributed by atoms with van der Waals surface area (Å²) >= 11 is 0. The van der Waals surface area contributed by atoms with Crippen molar-refractivity contribution in [2.45, 2.75) is 19.3 Å². The Labute approximate surface area is 113 Å². The van der Waals surface area contributed by atoms with Crippen molar-refractivity contribution >= 4 is 17.1 Å². The standard InChI is InChI=1S/C16H18O3/c1-11(8-9-17)14-10-15(18-2)12-6-4-5-7-13(12)16(14)19-3/h4-7,9-11H,8H2,1-3H3. The van der Waals surface area contributed by atoms with Crippen LogP contribution >= 0.6 is 0 Å². The van der Waals surface area contributed by atoms with Gasteiger partial charge in [0.15, 0.2) is 0 Å². The molecule has 0 bridgehead atoms. The zero-order valence-electron chi connectivity index (χ0n) is 11.5. The summed E-state index contributed by atoms with van der Waals surface area (Å²) < 4.78 is 11.0. The first-order valence-electron chi connectivity index (χ1n) is 6.30. The maximum atomic E-state index is 10.7. The Balaban J connectivity index is 2.72. The van der Waals surface area contributed by atoms with Crippen LogP contribution in [0.15, 0.2) is 30.3 Å². The quantitative estimate of drug-likeness (QED) is 0.769. The largest absolute Gasteiger partial charge is 0.496 e. The summed E-state index contributed by atoms with van der Waals surface area (Å²) in [5.74, 6) is 1.74. The van der Waals surface area contributed by atoms with Crippen molar-refractivity contribution < 1.29 is 14.3 Å². The van der Waals surface area contributed by atoms with Crippen LogP contribution in [0, 0.1) is 0 Å². The van der Waals surface area contributed by atoms with Crippen LogP contribution in [0.4, 0.5) is 0 Å². The van der Waals surface area contributed by atoms with Gasteiger partial charge in [-0.3, -0.25) is 0 Å². The van der Waals surface area contributed by atoms with Gasteiger partial charge in [-0.15, -0.1) is 0 Å². The molecule has 0 aliphatic rings. The summed E-state index contributed by atoms with van der Waals surface area (Å²) in [6.45, 7) is 2.01. The minimum Gasteiger partial charge on any atom is -0.496 e. The number of rotatable bonds is 5. The van der Waals surface area contributed by atoms with Crippen molar-refractivity contribution in [3.8, 4) is 11.5 Å². The highest BCUT2D eigenvalue weighted by Crippen LogP contribution is 2.40. The number of methoxy groups -OCH3 is 2. The first-order valence-corrected chi connectivity index (χ1v) is 6.30. The molecule has 0 heterocycles. The van der Waals surface area contributed by atoms with Gasteiger partial charge in [0.1, 0.15) is 17.8 Å². The zero-order valence-corrected chi connectivity index (χ0v) is 11.5. The average Bonchev–Trinajstić information content (AvgIpc) is 2.45. The SMILES string of the molecule is COc1cc(C(C)CC=O)c(OC)c2ccccc12. The van der Waals surface area contributed by atoms with E-state index in [-0.39, 0.29) is 5.92 Å². The van der Waals surface area contributed by atoms with Gasteiger partial charge in [0.05, 0.1) is 14.2 Å². The number of carbonyl (C=O) groups excluding carboxylic acids is 1. The highest BCUT2D eigenvalue weighted by molar-refractivity contribution is 5.94. The van der Waals surface area contributed by atoms with Gasteiger partial charge in [0.25, 0.3) is 0 Å². The van der Waals surface area contributed by atoms with Gasteiger partial charge in [0.2, 0.25) is 0 Å². The summed E-state index contributed by atoms with van der Waals surface area (Å²) in [6.07, 6.45) is 1.41. The summed E-state index contributed by atoms with van der Waals surface area (Å²) in [7, 11) is 3.31. The van der Waals surface area contributed by atoms with Gasteiger partial charge in [-0.2, -0.15) is 0 Å². The van der Waals surface area contributed by atoms with E-state index < -0.39 is 0 Å². The number of fused-ring (bicyclic) bond motifs is 1. The summed E-state index contributed by atoms with van der Waals surface area (Å²) in [4.78, 5) is 10.7. The fourth-order valence-corrected chi connectivity index (χ4v) is 2.37. The lowest BCUT2D eigenvalue weighted by atomic mass is 9.93. The molecule has 0 aliphatic heterocycles. The van der Waals surface area contributed by atoms with Crippen LogP contribution in [-0.4, -0.2) is 20.5 Å². The predicted molar refractivity (Wildman–Crippen MR) is 76.1 cm³/mol. The molecule has 2 rings (SSSR count). The third-order valence-corrected chi connectivity index (χ3v) is 3.39. The van der Waals surface area contributed by atoms with Gasteiger partial charge in [-0.25, -0.2) is 0 Å². The minimum atomic E-state index is 0.103. The van der Waals surface area contributed by atoms with Crippen molar-refractivity contribution in [2.24, 2.45) is 0 Å². The van der Waals surface area contributed by atoms with Crippen LogP contribution in [0.5, 0.6) is 11.5 Å². The molecule has 1 atom stereocenters. The van der Waals surface area contributed by atoms with Crippen molar-refractivity contribution in [3.63, 3.8) is 0 Å². The second kappa shape index (κ2) is 5.74. The number of hydrogen-bond acceptors (Lipinski definition) is 3. The molecular formula is C16H18O3. The Morgan fingerprint density at radius 3 is 2.42 bits per heavy atom. The third-order valence-electron chi connectivity index (χ3n) is 3.39. The van der Waals surface area contributed by atoms with Crippen LogP contribution in [-0.2, 0) is 4.79 Å². The monoisotopic (exact) mass is 258 g/mol. The fraction of sp³-hybridized carbons (Fsp3) is 0.312. The second-order valence-corrected chi connectivity index (χ2v) is 4.55. The predicted octanol–water partition coefficient (Wildman–Crippen LogP) is 3.55. The van der Waals surface area contributed by atoms with E-state index >= 15 is 0 Å². The van der Waals surface area contributed by atoms with Crippen molar-refractivity contribution in [1.82, 2.24) is 0 Å². The molecule has 100 valence electrons. The van der Waals surface area contributed by atoms with Crippen LogP contribution in [0.1, 0.15) is 24.8 Å². The molecule has 0 fully saturated rings. The molecule has 3 heteroatoms. The average molecular weight is 258 g/mol. The van der Waals surface area contributed by atoms with Crippen LogP contribution in [0.3, 0.4) is 0 Å². The van der Waals surface area contributed by atoms with Gasteiger partial charge in [-0.05, 0) is 12.0 Å². The van der Waals surface area contributed by atoms with Gasteiger partial charge >= 0.3 is 0 Å².